The molecule has 0 bridgehead atoms. The number of nitrogens with zero attached hydrogens (tertiary/aromatic N) is 4. The molecule has 8 nitrogen and oxygen atoms in total. The Labute approximate surface area is 170 Å². The van der Waals surface area contributed by atoms with Crippen molar-refractivity contribution in [2.24, 2.45) is 0 Å². The van der Waals surface area contributed by atoms with Crippen LogP contribution in [0.15, 0.2) is 47.6 Å². The van der Waals surface area contributed by atoms with E-state index in [1.165, 1.54) is 16.8 Å². The number of aromatic nitrogens is 4. The standard InChI is InChI=1S/C19H19FN6O2S/c1-3-17(27)22-16-10-14(7-4-12(16)2)21-18(28)11-29-19-23-24-25-26(19)15-8-5-13(20)6-9-15/h4-10H,3,11H2,1-2H3,(H,21,28)(H,22,27). The van der Waals surface area contributed by atoms with Crippen LogP contribution < -0.4 is 10.6 Å². The van der Waals surface area contributed by atoms with Crippen molar-refractivity contribution in [3.63, 3.8) is 0 Å². The smallest absolute Gasteiger partial charge is 0.234 e. The van der Waals surface area contributed by atoms with E-state index < -0.39 is 0 Å². The monoisotopic (exact) mass is 414 g/mol. The lowest BCUT2D eigenvalue weighted by molar-refractivity contribution is -0.116. The summed E-state index contributed by atoms with van der Waals surface area (Å²) in [6.07, 6.45) is 0.370. The van der Waals surface area contributed by atoms with Crippen LogP contribution in [0.3, 0.4) is 0 Å². The third kappa shape index (κ3) is 5.38. The van der Waals surface area contributed by atoms with Crippen LogP contribution in [-0.4, -0.2) is 37.8 Å². The van der Waals surface area contributed by atoms with Crippen molar-refractivity contribution < 1.29 is 14.0 Å². The molecule has 1 aromatic heterocycles. The van der Waals surface area contributed by atoms with Gasteiger partial charge in [-0.25, -0.2) is 4.39 Å². The molecule has 0 aliphatic heterocycles. The summed E-state index contributed by atoms with van der Waals surface area (Å²) in [5.41, 5.74) is 2.72. The summed E-state index contributed by atoms with van der Waals surface area (Å²) in [7, 11) is 0. The first-order valence-electron chi connectivity index (χ1n) is 8.83. The summed E-state index contributed by atoms with van der Waals surface area (Å²) in [5.74, 6) is -0.630. The molecule has 1 heterocycles. The van der Waals surface area contributed by atoms with Gasteiger partial charge in [-0.3, -0.25) is 9.59 Å². The molecule has 3 aromatic rings. The molecule has 2 aromatic carbocycles. The van der Waals surface area contributed by atoms with Gasteiger partial charge in [0.05, 0.1) is 11.4 Å². The summed E-state index contributed by atoms with van der Waals surface area (Å²) < 4.78 is 14.5. The van der Waals surface area contributed by atoms with Crippen LogP contribution in [0.25, 0.3) is 5.69 Å². The van der Waals surface area contributed by atoms with E-state index >= 15 is 0 Å². The number of halogens is 1. The van der Waals surface area contributed by atoms with E-state index in [2.05, 4.69) is 26.2 Å². The van der Waals surface area contributed by atoms with Crippen LogP contribution >= 0.6 is 11.8 Å². The van der Waals surface area contributed by atoms with E-state index in [1.54, 1.807) is 31.2 Å². The Morgan fingerprint density at radius 2 is 1.86 bits per heavy atom. The minimum absolute atomic E-state index is 0.0755. The zero-order valence-corrected chi connectivity index (χ0v) is 16.7. The molecule has 0 spiro atoms. The second-order valence-electron chi connectivity index (χ2n) is 6.12. The largest absolute Gasteiger partial charge is 0.326 e. The molecule has 29 heavy (non-hydrogen) atoms. The van der Waals surface area contributed by atoms with Crippen molar-refractivity contribution in [1.29, 1.82) is 0 Å². The second-order valence-corrected chi connectivity index (χ2v) is 7.06. The first kappa shape index (κ1) is 20.5. The Morgan fingerprint density at radius 3 is 2.59 bits per heavy atom. The highest BCUT2D eigenvalue weighted by Gasteiger charge is 2.12. The number of hydrogen-bond acceptors (Lipinski definition) is 6. The molecule has 0 saturated carbocycles. The Kier molecular flexibility index (Phi) is 6.55. The van der Waals surface area contributed by atoms with Gasteiger partial charge in [0.25, 0.3) is 0 Å². The summed E-state index contributed by atoms with van der Waals surface area (Å²) in [5, 5.41) is 17.4. The minimum Gasteiger partial charge on any atom is -0.326 e. The van der Waals surface area contributed by atoms with E-state index in [0.717, 1.165) is 17.3 Å². The van der Waals surface area contributed by atoms with E-state index in [9.17, 15) is 14.0 Å². The average molecular weight is 414 g/mol. The number of rotatable bonds is 7. The first-order chi connectivity index (χ1) is 14.0. The zero-order valence-electron chi connectivity index (χ0n) is 15.8. The normalized spacial score (nSPS) is 10.6. The number of hydrogen-bond donors (Lipinski definition) is 2. The highest BCUT2D eigenvalue weighted by Crippen LogP contribution is 2.22. The van der Waals surface area contributed by atoms with Gasteiger partial charge < -0.3 is 10.6 Å². The number of nitrogens with one attached hydrogen (secondary N) is 2. The number of carbonyl (C=O) groups excluding carboxylic acids is 2. The average Bonchev–Trinajstić information content (AvgIpc) is 3.18. The maximum atomic E-state index is 13.1. The van der Waals surface area contributed by atoms with E-state index in [0.29, 0.717) is 28.6 Å². The number of benzene rings is 2. The number of carbonyl (C=O) groups is 2. The molecule has 0 radical (unpaired) electrons. The second kappa shape index (κ2) is 9.28. The van der Waals surface area contributed by atoms with Crippen molar-refractivity contribution in [1.82, 2.24) is 20.2 Å². The Morgan fingerprint density at radius 1 is 1.10 bits per heavy atom. The van der Waals surface area contributed by atoms with Crippen LogP contribution in [0.4, 0.5) is 15.8 Å². The predicted molar refractivity (Wildman–Crippen MR) is 109 cm³/mol. The fourth-order valence-corrected chi connectivity index (χ4v) is 3.10. The third-order valence-electron chi connectivity index (χ3n) is 3.96. The minimum atomic E-state index is -0.358. The van der Waals surface area contributed by atoms with Crippen molar-refractivity contribution in [2.75, 3.05) is 16.4 Å². The molecular formula is C19H19FN6O2S. The van der Waals surface area contributed by atoms with Gasteiger partial charge in [0.2, 0.25) is 17.0 Å². The van der Waals surface area contributed by atoms with E-state index in [-0.39, 0.29) is 23.4 Å². The van der Waals surface area contributed by atoms with Crippen molar-refractivity contribution in [2.45, 2.75) is 25.4 Å². The summed E-state index contributed by atoms with van der Waals surface area (Å²) in [4.78, 5) is 24.0. The molecule has 0 aliphatic carbocycles. The molecule has 150 valence electrons. The van der Waals surface area contributed by atoms with Crippen molar-refractivity contribution in [3.05, 3.63) is 53.8 Å². The first-order valence-corrected chi connectivity index (χ1v) is 9.82. The molecule has 0 aliphatic rings. The molecule has 0 fully saturated rings. The predicted octanol–water partition coefficient (Wildman–Crippen LogP) is 3.19. The molecule has 3 rings (SSSR count). The van der Waals surface area contributed by atoms with Crippen LogP contribution in [-0.2, 0) is 9.59 Å². The third-order valence-corrected chi connectivity index (χ3v) is 4.88. The zero-order chi connectivity index (χ0) is 20.8. The Bertz CT molecular complexity index is 1020. The lowest BCUT2D eigenvalue weighted by atomic mass is 10.1. The molecule has 0 saturated heterocycles. The lowest BCUT2D eigenvalue weighted by Gasteiger charge is -2.11. The van der Waals surface area contributed by atoms with Crippen LogP contribution in [0, 0.1) is 12.7 Å². The topological polar surface area (TPSA) is 102 Å². The maximum Gasteiger partial charge on any atom is 0.234 e. The lowest BCUT2D eigenvalue weighted by Crippen LogP contribution is -2.15. The number of amides is 2. The highest BCUT2D eigenvalue weighted by atomic mass is 32.2. The van der Waals surface area contributed by atoms with Crippen molar-refractivity contribution >= 4 is 35.0 Å². The molecule has 2 N–H and O–H groups in total. The van der Waals surface area contributed by atoms with Crippen LogP contribution in [0.1, 0.15) is 18.9 Å². The summed E-state index contributed by atoms with van der Waals surface area (Å²) >= 11 is 1.15. The number of tetrazole rings is 1. The van der Waals surface area contributed by atoms with E-state index in [1.807, 2.05) is 13.0 Å². The Hall–Kier alpha value is -3.27. The van der Waals surface area contributed by atoms with Gasteiger partial charge >= 0.3 is 0 Å². The molecular weight excluding hydrogens is 395 g/mol. The van der Waals surface area contributed by atoms with Gasteiger partial charge in [0, 0.05) is 17.8 Å². The van der Waals surface area contributed by atoms with Gasteiger partial charge in [-0.05, 0) is 59.3 Å². The molecule has 2 amide bonds. The van der Waals surface area contributed by atoms with Crippen LogP contribution in [0.5, 0.6) is 0 Å². The van der Waals surface area contributed by atoms with Gasteiger partial charge in [-0.15, -0.1) is 5.10 Å². The van der Waals surface area contributed by atoms with Crippen LogP contribution in [0.2, 0.25) is 0 Å². The van der Waals surface area contributed by atoms with E-state index in [4.69, 9.17) is 0 Å². The van der Waals surface area contributed by atoms with Gasteiger partial charge in [-0.1, -0.05) is 24.8 Å². The molecule has 0 unspecified atom stereocenters. The van der Waals surface area contributed by atoms with Crippen molar-refractivity contribution in [3.8, 4) is 5.69 Å². The number of anilines is 2. The highest BCUT2D eigenvalue weighted by molar-refractivity contribution is 7.99. The fraction of sp³-hybridized carbons (Fsp3) is 0.211. The molecule has 10 heteroatoms. The number of thioether (sulfide) groups is 1. The quantitative estimate of drug-likeness (QED) is 0.576. The maximum absolute atomic E-state index is 13.1. The molecule has 0 atom stereocenters. The van der Waals surface area contributed by atoms with Gasteiger partial charge in [0.1, 0.15) is 5.82 Å². The Balaban J connectivity index is 1.63. The SMILES string of the molecule is CCC(=O)Nc1cc(NC(=O)CSc2nnnn2-c2ccc(F)cc2)ccc1C. The number of aryl methyl sites for hydroxylation is 1. The summed E-state index contributed by atoms with van der Waals surface area (Å²) in [6, 6.07) is 11.0. The van der Waals surface area contributed by atoms with Gasteiger partial charge in [0.15, 0.2) is 0 Å². The van der Waals surface area contributed by atoms with Gasteiger partial charge in [-0.2, -0.15) is 4.68 Å². The summed E-state index contributed by atoms with van der Waals surface area (Å²) in [6.45, 7) is 3.65. The fourth-order valence-electron chi connectivity index (χ4n) is 2.41.